The fourth-order valence-corrected chi connectivity index (χ4v) is 2.74. The highest BCUT2D eigenvalue weighted by Crippen LogP contribution is 2.31. The van der Waals surface area contributed by atoms with E-state index in [9.17, 15) is 0 Å². The molecule has 76 valence electrons. The Bertz CT molecular complexity index is 146. The molecule has 2 N–H and O–H groups in total. The smallest absolute Gasteiger partial charge is 0.00954 e. The Labute approximate surface area is 81.5 Å². The number of hydrogen-bond acceptors (Lipinski definition) is 2. The van der Waals surface area contributed by atoms with Crippen LogP contribution in [0.5, 0.6) is 0 Å². The Morgan fingerprint density at radius 2 is 1.77 bits per heavy atom. The van der Waals surface area contributed by atoms with E-state index >= 15 is 0 Å². The molecule has 2 aliphatic rings. The molecule has 0 amide bonds. The van der Waals surface area contributed by atoms with Gasteiger partial charge >= 0.3 is 0 Å². The lowest BCUT2D eigenvalue weighted by molar-refractivity contribution is 0.0781. The van der Waals surface area contributed by atoms with Gasteiger partial charge in [0.1, 0.15) is 0 Å². The van der Waals surface area contributed by atoms with Crippen molar-refractivity contribution in [2.24, 2.45) is 11.7 Å². The zero-order valence-corrected chi connectivity index (χ0v) is 8.54. The van der Waals surface area contributed by atoms with Gasteiger partial charge in [0.15, 0.2) is 0 Å². The van der Waals surface area contributed by atoms with Crippen LogP contribution in [0, 0.1) is 5.92 Å². The molecule has 0 spiro atoms. The highest BCUT2D eigenvalue weighted by Gasteiger charge is 2.28. The second-order valence-corrected chi connectivity index (χ2v) is 4.64. The first-order valence-corrected chi connectivity index (χ1v) is 5.84. The molecule has 2 fully saturated rings. The van der Waals surface area contributed by atoms with Gasteiger partial charge in [-0.3, -0.25) is 0 Å². The normalized spacial score (nSPS) is 35.8. The summed E-state index contributed by atoms with van der Waals surface area (Å²) < 4.78 is 0. The van der Waals surface area contributed by atoms with Crippen molar-refractivity contribution >= 4 is 0 Å². The summed E-state index contributed by atoms with van der Waals surface area (Å²) in [5.41, 5.74) is 5.58. The minimum absolute atomic E-state index is 0.888. The third-order valence-electron chi connectivity index (χ3n) is 3.80. The third kappa shape index (κ3) is 2.23. The van der Waals surface area contributed by atoms with Crippen LogP contribution in [-0.4, -0.2) is 30.6 Å². The Morgan fingerprint density at radius 3 is 2.23 bits per heavy atom. The van der Waals surface area contributed by atoms with Crippen molar-refractivity contribution in [2.45, 2.75) is 44.6 Å². The number of rotatable bonds is 3. The topological polar surface area (TPSA) is 29.3 Å². The van der Waals surface area contributed by atoms with E-state index in [0.717, 1.165) is 18.5 Å². The van der Waals surface area contributed by atoms with Gasteiger partial charge in [-0.2, -0.15) is 0 Å². The fourth-order valence-electron chi connectivity index (χ4n) is 2.74. The molecule has 0 bridgehead atoms. The molecule has 0 atom stereocenters. The lowest BCUT2D eigenvalue weighted by Crippen LogP contribution is -2.46. The number of hydrogen-bond donors (Lipinski definition) is 1. The van der Waals surface area contributed by atoms with Crippen molar-refractivity contribution in [1.82, 2.24) is 4.90 Å². The van der Waals surface area contributed by atoms with Gasteiger partial charge < -0.3 is 10.6 Å². The molecule has 13 heavy (non-hydrogen) atoms. The first kappa shape index (κ1) is 9.47. The summed E-state index contributed by atoms with van der Waals surface area (Å²) in [6.45, 7) is 3.62. The molecule has 2 heteroatoms. The largest absolute Gasteiger partial charge is 0.330 e. The van der Waals surface area contributed by atoms with Crippen LogP contribution in [0.4, 0.5) is 0 Å². The number of likely N-dealkylation sites (tertiary alicyclic amines) is 1. The van der Waals surface area contributed by atoms with Crippen molar-refractivity contribution in [3.05, 3.63) is 0 Å². The van der Waals surface area contributed by atoms with Gasteiger partial charge in [0.2, 0.25) is 0 Å². The molecule has 1 saturated carbocycles. The van der Waals surface area contributed by atoms with Crippen LogP contribution in [0.3, 0.4) is 0 Å². The molecule has 1 aliphatic carbocycles. The van der Waals surface area contributed by atoms with E-state index in [-0.39, 0.29) is 0 Å². The molecule has 0 aromatic heterocycles. The molecule has 1 aliphatic heterocycles. The number of nitrogens with zero attached hydrogens (tertiary/aromatic N) is 1. The highest BCUT2D eigenvalue weighted by atomic mass is 15.2. The zero-order chi connectivity index (χ0) is 9.10. The summed E-state index contributed by atoms with van der Waals surface area (Å²) in [5.74, 6) is 0.947. The maximum Gasteiger partial charge on any atom is 0.00954 e. The minimum Gasteiger partial charge on any atom is -0.330 e. The van der Waals surface area contributed by atoms with E-state index in [2.05, 4.69) is 4.90 Å². The maximum absolute atomic E-state index is 5.58. The molecule has 0 unspecified atom stereocenters. The highest BCUT2D eigenvalue weighted by molar-refractivity contribution is 4.83. The molecular weight excluding hydrogens is 160 g/mol. The summed E-state index contributed by atoms with van der Waals surface area (Å²) in [7, 11) is 0. The predicted octanol–water partition coefficient (Wildman–Crippen LogP) is 1.60. The van der Waals surface area contributed by atoms with Gasteiger partial charge in [-0.25, -0.2) is 0 Å². The van der Waals surface area contributed by atoms with Gasteiger partial charge in [-0.1, -0.05) is 0 Å². The van der Waals surface area contributed by atoms with Crippen LogP contribution in [0.25, 0.3) is 0 Å². The molecule has 0 aromatic carbocycles. The molecule has 1 saturated heterocycles. The second kappa shape index (κ2) is 4.43. The van der Waals surface area contributed by atoms with E-state index in [1.165, 1.54) is 51.6 Å². The Morgan fingerprint density at radius 1 is 1.08 bits per heavy atom. The van der Waals surface area contributed by atoms with Crippen LogP contribution in [-0.2, 0) is 0 Å². The van der Waals surface area contributed by atoms with Crippen molar-refractivity contribution < 1.29 is 0 Å². The SMILES string of the molecule is NCCC1CCC(N2CCC2)CC1. The molecular formula is C11H22N2. The van der Waals surface area contributed by atoms with Gasteiger partial charge in [0.05, 0.1) is 0 Å². The van der Waals surface area contributed by atoms with Gasteiger partial charge in [0.25, 0.3) is 0 Å². The fraction of sp³-hybridized carbons (Fsp3) is 1.00. The van der Waals surface area contributed by atoms with Crippen molar-refractivity contribution in [1.29, 1.82) is 0 Å². The van der Waals surface area contributed by atoms with Crippen LogP contribution < -0.4 is 5.73 Å². The summed E-state index contributed by atoms with van der Waals surface area (Å²) in [5, 5.41) is 0. The first-order valence-electron chi connectivity index (χ1n) is 5.84. The van der Waals surface area contributed by atoms with E-state index < -0.39 is 0 Å². The van der Waals surface area contributed by atoms with Crippen LogP contribution in [0.1, 0.15) is 38.5 Å². The standard InChI is InChI=1S/C11H22N2/c12-7-6-10-2-4-11(5-3-10)13-8-1-9-13/h10-11H,1-9,12H2. The van der Waals surface area contributed by atoms with Crippen molar-refractivity contribution in [2.75, 3.05) is 19.6 Å². The Kier molecular flexibility index (Phi) is 3.23. The van der Waals surface area contributed by atoms with Gasteiger partial charge in [0, 0.05) is 6.04 Å². The van der Waals surface area contributed by atoms with E-state index in [4.69, 9.17) is 5.73 Å². The van der Waals surface area contributed by atoms with Gasteiger partial charge in [-0.05, 0) is 64.1 Å². The van der Waals surface area contributed by atoms with E-state index in [0.29, 0.717) is 0 Å². The quantitative estimate of drug-likeness (QED) is 0.718. The van der Waals surface area contributed by atoms with Gasteiger partial charge in [-0.15, -0.1) is 0 Å². The van der Waals surface area contributed by atoms with Crippen molar-refractivity contribution in [3.63, 3.8) is 0 Å². The Balaban J connectivity index is 1.69. The zero-order valence-electron chi connectivity index (χ0n) is 8.54. The van der Waals surface area contributed by atoms with E-state index in [1.807, 2.05) is 0 Å². The van der Waals surface area contributed by atoms with Crippen molar-refractivity contribution in [3.8, 4) is 0 Å². The lowest BCUT2D eigenvalue weighted by Gasteiger charge is -2.42. The summed E-state index contributed by atoms with van der Waals surface area (Å²) in [4.78, 5) is 2.67. The molecule has 0 aromatic rings. The van der Waals surface area contributed by atoms with Crippen LogP contribution in [0.2, 0.25) is 0 Å². The first-order chi connectivity index (χ1) is 6.40. The molecule has 0 radical (unpaired) electrons. The molecule has 2 rings (SSSR count). The summed E-state index contributed by atoms with van der Waals surface area (Å²) in [6.07, 6.45) is 8.42. The second-order valence-electron chi connectivity index (χ2n) is 4.64. The number of nitrogens with two attached hydrogens (primary N) is 1. The summed E-state index contributed by atoms with van der Waals surface area (Å²) in [6, 6.07) is 0.933. The predicted molar refractivity (Wildman–Crippen MR) is 55.6 cm³/mol. The monoisotopic (exact) mass is 182 g/mol. The third-order valence-corrected chi connectivity index (χ3v) is 3.80. The summed E-state index contributed by atoms with van der Waals surface area (Å²) >= 11 is 0. The lowest BCUT2D eigenvalue weighted by atomic mass is 9.83. The van der Waals surface area contributed by atoms with Crippen LogP contribution in [0.15, 0.2) is 0 Å². The van der Waals surface area contributed by atoms with Crippen LogP contribution >= 0.6 is 0 Å². The average Bonchev–Trinajstić information content (AvgIpc) is 2.06. The molecule has 2 nitrogen and oxygen atoms in total. The average molecular weight is 182 g/mol. The minimum atomic E-state index is 0.888. The maximum atomic E-state index is 5.58. The van der Waals surface area contributed by atoms with E-state index in [1.54, 1.807) is 0 Å². The molecule has 1 heterocycles. The Hall–Kier alpha value is -0.0800.